The van der Waals surface area contributed by atoms with E-state index in [4.69, 9.17) is 4.74 Å². The molecule has 0 amide bonds. The van der Waals surface area contributed by atoms with Crippen molar-refractivity contribution < 1.29 is 4.74 Å². The Bertz CT molecular complexity index is 136. The third-order valence-electron chi connectivity index (χ3n) is 2.72. The van der Waals surface area contributed by atoms with Crippen LogP contribution in [0.3, 0.4) is 0 Å². The molecule has 0 spiro atoms. The Morgan fingerprint density at radius 3 is 2.85 bits per heavy atom. The molecule has 1 unspecified atom stereocenters. The predicted molar refractivity (Wildman–Crippen MR) is 55.9 cm³/mol. The summed E-state index contributed by atoms with van der Waals surface area (Å²) >= 11 is 0. The standard InChI is InChI=1S/C11H23NO/c1-4-12-7-5-6-11(8-12)9-13-10(2)3/h10-11H,4-9H2,1-3H3. The van der Waals surface area contributed by atoms with Crippen LogP contribution in [0.5, 0.6) is 0 Å². The van der Waals surface area contributed by atoms with E-state index in [1.807, 2.05) is 0 Å². The minimum atomic E-state index is 0.386. The molecule has 1 heterocycles. The van der Waals surface area contributed by atoms with Gasteiger partial charge in [-0.1, -0.05) is 6.92 Å². The van der Waals surface area contributed by atoms with Crippen LogP contribution in [0, 0.1) is 5.92 Å². The summed E-state index contributed by atoms with van der Waals surface area (Å²) < 4.78 is 5.65. The number of piperidine rings is 1. The largest absolute Gasteiger partial charge is 0.378 e. The highest BCUT2D eigenvalue weighted by molar-refractivity contribution is 4.71. The molecule has 0 radical (unpaired) electrons. The molecule has 0 saturated carbocycles. The Morgan fingerprint density at radius 1 is 1.46 bits per heavy atom. The quantitative estimate of drug-likeness (QED) is 0.665. The molecule has 0 aliphatic carbocycles. The Kier molecular flexibility index (Phi) is 4.74. The number of rotatable bonds is 4. The van der Waals surface area contributed by atoms with E-state index in [-0.39, 0.29) is 0 Å². The van der Waals surface area contributed by atoms with Crippen LogP contribution in [-0.4, -0.2) is 37.2 Å². The number of likely N-dealkylation sites (tertiary alicyclic amines) is 1. The number of hydrogen-bond acceptors (Lipinski definition) is 2. The zero-order chi connectivity index (χ0) is 9.68. The normalized spacial score (nSPS) is 25.4. The van der Waals surface area contributed by atoms with E-state index < -0.39 is 0 Å². The van der Waals surface area contributed by atoms with Gasteiger partial charge in [-0.25, -0.2) is 0 Å². The average molecular weight is 185 g/mol. The molecule has 13 heavy (non-hydrogen) atoms. The van der Waals surface area contributed by atoms with Crippen LogP contribution < -0.4 is 0 Å². The van der Waals surface area contributed by atoms with Crippen LogP contribution in [0.1, 0.15) is 33.6 Å². The van der Waals surface area contributed by atoms with Gasteiger partial charge >= 0.3 is 0 Å². The highest BCUT2D eigenvalue weighted by Crippen LogP contribution is 2.16. The zero-order valence-electron chi connectivity index (χ0n) is 9.25. The van der Waals surface area contributed by atoms with Crippen molar-refractivity contribution in [2.75, 3.05) is 26.2 Å². The number of hydrogen-bond donors (Lipinski definition) is 0. The first-order valence-corrected chi connectivity index (χ1v) is 5.56. The summed E-state index contributed by atoms with van der Waals surface area (Å²) in [5.74, 6) is 0.774. The Balaban J connectivity index is 2.18. The summed E-state index contributed by atoms with van der Waals surface area (Å²) in [5.41, 5.74) is 0. The summed E-state index contributed by atoms with van der Waals surface area (Å²) in [4.78, 5) is 2.53. The van der Waals surface area contributed by atoms with E-state index in [0.29, 0.717) is 6.10 Å². The first kappa shape index (κ1) is 11.0. The first-order chi connectivity index (χ1) is 6.22. The molecule has 0 aromatic rings. The lowest BCUT2D eigenvalue weighted by molar-refractivity contribution is 0.0270. The fraction of sp³-hybridized carbons (Fsp3) is 1.00. The van der Waals surface area contributed by atoms with Gasteiger partial charge in [0.2, 0.25) is 0 Å². The smallest absolute Gasteiger partial charge is 0.0519 e. The zero-order valence-corrected chi connectivity index (χ0v) is 9.25. The molecule has 1 rings (SSSR count). The molecule has 0 aromatic carbocycles. The average Bonchev–Trinajstić information content (AvgIpc) is 2.15. The van der Waals surface area contributed by atoms with E-state index in [0.717, 1.165) is 12.5 Å². The van der Waals surface area contributed by atoms with Crippen LogP contribution >= 0.6 is 0 Å². The fourth-order valence-corrected chi connectivity index (χ4v) is 1.90. The van der Waals surface area contributed by atoms with Crippen molar-refractivity contribution >= 4 is 0 Å². The van der Waals surface area contributed by atoms with Crippen LogP contribution in [-0.2, 0) is 4.74 Å². The Hall–Kier alpha value is -0.0800. The van der Waals surface area contributed by atoms with Gasteiger partial charge in [-0.15, -0.1) is 0 Å². The van der Waals surface area contributed by atoms with Crippen LogP contribution in [0.25, 0.3) is 0 Å². The number of nitrogens with zero attached hydrogens (tertiary/aromatic N) is 1. The number of ether oxygens (including phenoxy) is 1. The lowest BCUT2D eigenvalue weighted by Gasteiger charge is -2.31. The van der Waals surface area contributed by atoms with Gasteiger partial charge in [0, 0.05) is 6.54 Å². The fourth-order valence-electron chi connectivity index (χ4n) is 1.90. The van der Waals surface area contributed by atoms with Crippen molar-refractivity contribution in [3.8, 4) is 0 Å². The third-order valence-corrected chi connectivity index (χ3v) is 2.72. The van der Waals surface area contributed by atoms with E-state index in [1.165, 1.54) is 32.5 Å². The van der Waals surface area contributed by atoms with Gasteiger partial charge in [-0.05, 0) is 45.7 Å². The van der Waals surface area contributed by atoms with Gasteiger partial charge in [-0.2, -0.15) is 0 Å². The summed E-state index contributed by atoms with van der Waals surface area (Å²) in [5, 5.41) is 0. The summed E-state index contributed by atoms with van der Waals surface area (Å²) in [6.45, 7) is 11.1. The maximum Gasteiger partial charge on any atom is 0.0519 e. The van der Waals surface area contributed by atoms with Crippen LogP contribution in [0.2, 0.25) is 0 Å². The van der Waals surface area contributed by atoms with Crippen molar-refractivity contribution in [3.63, 3.8) is 0 Å². The minimum absolute atomic E-state index is 0.386. The van der Waals surface area contributed by atoms with Gasteiger partial charge in [0.05, 0.1) is 12.7 Å². The predicted octanol–water partition coefficient (Wildman–Crippen LogP) is 2.14. The maximum absolute atomic E-state index is 5.65. The molecule has 0 bridgehead atoms. The van der Waals surface area contributed by atoms with E-state index >= 15 is 0 Å². The highest BCUT2D eigenvalue weighted by Gasteiger charge is 2.18. The van der Waals surface area contributed by atoms with E-state index in [9.17, 15) is 0 Å². The molecule has 1 aliphatic heterocycles. The monoisotopic (exact) mass is 185 g/mol. The summed E-state index contributed by atoms with van der Waals surface area (Å²) in [7, 11) is 0. The van der Waals surface area contributed by atoms with E-state index in [2.05, 4.69) is 25.7 Å². The van der Waals surface area contributed by atoms with Crippen molar-refractivity contribution in [2.45, 2.75) is 39.7 Å². The second-order valence-electron chi connectivity index (χ2n) is 4.28. The minimum Gasteiger partial charge on any atom is -0.378 e. The molecule has 1 atom stereocenters. The lowest BCUT2D eigenvalue weighted by atomic mass is 9.99. The van der Waals surface area contributed by atoms with Crippen molar-refractivity contribution in [3.05, 3.63) is 0 Å². The van der Waals surface area contributed by atoms with Gasteiger partial charge in [0.15, 0.2) is 0 Å². The van der Waals surface area contributed by atoms with Crippen molar-refractivity contribution in [2.24, 2.45) is 5.92 Å². The van der Waals surface area contributed by atoms with Gasteiger partial charge in [0.25, 0.3) is 0 Å². The highest BCUT2D eigenvalue weighted by atomic mass is 16.5. The second-order valence-corrected chi connectivity index (χ2v) is 4.28. The maximum atomic E-state index is 5.65. The SMILES string of the molecule is CCN1CCCC(COC(C)C)C1. The van der Waals surface area contributed by atoms with Crippen molar-refractivity contribution in [1.82, 2.24) is 4.90 Å². The topological polar surface area (TPSA) is 12.5 Å². The molecule has 2 heteroatoms. The molecular weight excluding hydrogens is 162 g/mol. The first-order valence-electron chi connectivity index (χ1n) is 5.56. The molecular formula is C11H23NO. The van der Waals surface area contributed by atoms with Crippen LogP contribution in [0.4, 0.5) is 0 Å². The van der Waals surface area contributed by atoms with Gasteiger partial charge in [0.1, 0.15) is 0 Å². The Morgan fingerprint density at radius 2 is 2.23 bits per heavy atom. The molecule has 1 saturated heterocycles. The lowest BCUT2D eigenvalue weighted by Crippen LogP contribution is -2.37. The van der Waals surface area contributed by atoms with Gasteiger partial charge in [-0.3, -0.25) is 0 Å². The molecule has 1 fully saturated rings. The third kappa shape index (κ3) is 4.10. The molecule has 0 N–H and O–H groups in total. The van der Waals surface area contributed by atoms with E-state index in [1.54, 1.807) is 0 Å². The summed E-state index contributed by atoms with van der Waals surface area (Å²) in [6, 6.07) is 0. The second kappa shape index (κ2) is 5.61. The summed E-state index contributed by atoms with van der Waals surface area (Å²) in [6.07, 6.45) is 3.08. The van der Waals surface area contributed by atoms with Crippen molar-refractivity contribution in [1.29, 1.82) is 0 Å². The van der Waals surface area contributed by atoms with Crippen LogP contribution in [0.15, 0.2) is 0 Å². The molecule has 78 valence electrons. The Labute approximate surface area is 82.3 Å². The van der Waals surface area contributed by atoms with Gasteiger partial charge < -0.3 is 9.64 Å². The molecule has 2 nitrogen and oxygen atoms in total. The molecule has 0 aromatic heterocycles. The molecule has 1 aliphatic rings.